The first-order valence-electron chi connectivity index (χ1n) is 5.06. The number of aromatic carboxylic acids is 1. The third-order valence-electron chi connectivity index (χ3n) is 2.69. The third kappa shape index (κ3) is 1.71. The summed E-state index contributed by atoms with van der Waals surface area (Å²) in [5.74, 6) is -1.11. The first-order chi connectivity index (χ1) is 7.65. The van der Waals surface area contributed by atoms with Gasteiger partial charge < -0.3 is 9.90 Å². The Morgan fingerprint density at radius 1 is 1.25 bits per heavy atom. The molecule has 0 radical (unpaired) electrons. The largest absolute Gasteiger partial charge is 0.545 e. The summed E-state index contributed by atoms with van der Waals surface area (Å²) in [6.45, 7) is 1.95. The molecular formula is C13H10BrO2-. The van der Waals surface area contributed by atoms with Crippen molar-refractivity contribution < 1.29 is 9.90 Å². The number of aryl methyl sites for hydroxylation is 1. The van der Waals surface area contributed by atoms with E-state index in [9.17, 15) is 9.90 Å². The molecule has 0 saturated heterocycles. The van der Waals surface area contributed by atoms with Gasteiger partial charge in [0.1, 0.15) is 0 Å². The summed E-state index contributed by atoms with van der Waals surface area (Å²) in [7, 11) is 0. The first-order valence-corrected chi connectivity index (χ1v) is 5.86. The molecule has 16 heavy (non-hydrogen) atoms. The Hall–Kier alpha value is -1.35. The van der Waals surface area contributed by atoms with E-state index in [1.807, 2.05) is 31.2 Å². The number of benzene rings is 2. The lowest BCUT2D eigenvalue weighted by atomic mass is 9.97. The highest BCUT2D eigenvalue weighted by molar-refractivity contribution is 9.10. The molecular weight excluding hydrogens is 268 g/mol. The van der Waals surface area contributed by atoms with Crippen molar-refractivity contribution >= 4 is 32.7 Å². The van der Waals surface area contributed by atoms with E-state index < -0.39 is 5.97 Å². The quantitative estimate of drug-likeness (QED) is 0.846. The van der Waals surface area contributed by atoms with Crippen molar-refractivity contribution in [3.8, 4) is 0 Å². The summed E-state index contributed by atoms with van der Waals surface area (Å²) in [6, 6.07) is 9.21. The van der Waals surface area contributed by atoms with Crippen LogP contribution in [0.4, 0.5) is 0 Å². The molecule has 0 aliphatic rings. The van der Waals surface area contributed by atoms with Gasteiger partial charge in [0.2, 0.25) is 0 Å². The first kappa shape index (κ1) is 11.1. The molecule has 2 aromatic carbocycles. The number of carbonyl (C=O) groups excluding carboxylic acids is 1. The maximum absolute atomic E-state index is 11.0. The summed E-state index contributed by atoms with van der Waals surface area (Å²) in [6.07, 6.45) is 0.678. The van der Waals surface area contributed by atoms with E-state index in [2.05, 4.69) is 15.9 Å². The zero-order valence-electron chi connectivity index (χ0n) is 8.79. The zero-order chi connectivity index (χ0) is 11.7. The zero-order valence-corrected chi connectivity index (χ0v) is 10.4. The maximum atomic E-state index is 11.0. The van der Waals surface area contributed by atoms with Crippen LogP contribution in [0.25, 0.3) is 10.8 Å². The van der Waals surface area contributed by atoms with Gasteiger partial charge in [-0.05, 0) is 28.8 Å². The van der Waals surface area contributed by atoms with Gasteiger partial charge in [0, 0.05) is 10.0 Å². The van der Waals surface area contributed by atoms with Crippen LogP contribution in [0.15, 0.2) is 34.8 Å². The maximum Gasteiger partial charge on any atom is 0.0718 e. The Bertz CT molecular complexity index is 561. The van der Waals surface area contributed by atoms with E-state index >= 15 is 0 Å². The van der Waals surface area contributed by atoms with Gasteiger partial charge in [0.15, 0.2) is 0 Å². The van der Waals surface area contributed by atoms with Crippen molar-refractivity contribution in [1.82, 2.24) is 0 Å². The van der Waals surface area contributed by atoms with E-state index in [4.69, 9.17) is 0 Å². The molecule has 0 aromatic heterocycles. The van der Waals surface area contributed by atoms with Crippen molar-refractivity contribution in [3.63, 3.8) is 0 Å². The second-order valence-electron chi connectivity index (χ2n) is 3.57. The average Bonchev–Trinajstić information content (AvgIpc) is 2.27. The molecule has 0 aliphatic heterocycles. The highest BCUT2D eigenvalue weighted by Crippen LogP contribution is 2.28. The van der Waals surface area contributed by atoms with Crippen LogP contribution >= 0.6 is 15.9 Å². The Kier molecular flexibility index (Phi) is 2.97. The molecule has 2 rings (SSSR count). The fourth-order valence-corrected chi connectivity index (χ4v) is 2.45. The predicted octanol–water partition coefficient (Wildman–Crippen LogP) is 2.53. The van der Waals surface area contributed by atoms with E-state index in [0.717, 1.165) is 20.8 Å². The molecule has 2 nitrogen and oxygen atoms in total. The minimum Gasteiger partial charge on any atom is -0.545 e. The van der Waals surface area contributed by atoms with E-state index in [1.165, 1.54) is 0 Å². The molecule has 2 aromatic rings. The molecule has 0 bridgehead atoms. The monoisotopic (exact) mass is 277 g/mol. The molecule has 3 heteroatoms. The van der Waals surface area contributed by atoms with E-state index in [-0.39, 0.29) is 5.56 Å². The molecule has 82 valence electrons. The number of hydrogen-bond acceptors (Lipinski definition) is 2. The smallest absolute Gasteiger partial charge is 0.0718 e. The molecule has 0 spiro atoms. The number of rotatable bonds is 2. The van der Waals surface area contributed by atoms with Crippen LogP contribution < -0.4 is 5.11 Å². The van der Waals surface area contributed by atoms with Crippen LogP contribution in [0.2, 0.25) is 0 Å². The van der Waals surface area contributed by atoms with Gasteiger partial charge in [-0.2, -0.15) is 0 Å². The summed E-state index contributed by atoms with van der Waals surface area (Å²) < 4.78 is 0.976. The lowest BCUT2D eigenvalue weighted by molar-refractivity contribution is -0.255. The van der Waals surface area contributed by atoms with Crippen LogP contribution in [0.1, 0.15) is 22.8 Å². The van der Waals surface area contributed by atoms with Gasteiger partial charge in [-0.25, -0.2) is 0 Å². The number of carboxylic acid groups (broad SMARTS) is 1. The van der Waals surface area contributed by atoms with Crippen molar-refractivity contribution in [2.24, 2.45) is 0 Å². The Morgan fingerprint density at radius 3 is 2.62 bits per heavy atom. The minimum absolute atomic E-state index is 0.285. The van der Waals surface area contributed by atoms with Gasteiger partial charge in [0.05, 0.1) is 5.97 Å². The van der Waals surface area contributed by atoms with Crippen molar-refractivity contribution in [2.75, 3.05) is 0 Å². The summed E-state index contributed by atoms with van der Waals surface area (Å²) >= 11 is 3.46. The highest BCUT2D eigenvalue weighted by atomic mass is 79.9. The second-order valence-corrected chi connectivity index (χ2v) is 4.42. The lowest BCUT2D eigenvalue weighted by Gasteiger charge is -2.13. The number of carbonyl (C=O) groups is 1. The van der Waals surface area contributed by atoms with Crippen LogP contribution in [0.3, 0.4) is 0 Å². The molecule has 0 fully saturated rings. The van der Waals surface area contributed by atoms with E-state index in [0.29, 0.717) is 6.42 Å². The predicted molar refractivity (Wildman–Crippen MR) is 65.4 cm³/mol. The van der Waals surface area contributed by atoms with Gasteiger partial charge in [-0.3, -0.25) is 0 Å². The Morgan fingerprint density at radius 2 is 2.00 bits per heavy atom. The van der Waals surface area contributed by atoms with Crippen molar-refractivity contribution in [1.29, 1.82) is 0 Å². The molecule has 0 heterocycles. The second kappa shape index (κ2) is 4.26. The van der Waals surface area contributed by atoms with Gasteiger partial charge in [0.25, 0.3) is 0 Å². The average molecular weight is 278 g/mol. The van der Waals surface area contributed by atoms with Gasteiger partial charge in [-0.1, -0.05) is 47.1 Å². The molecule has 0 N–H and O–H groups in total. The topological polar surface area (TPSA) is 40.1 Å². The molecule has 0 amide bonds. The summed E-state index contributed by atoms with van der Waals surface area (Å²) in [4.78, 5) is 11.0. The summed E-state index contributed by atoms with van der Waals surface area (Å²) in [5.41, 5.74) is 1.12. The molecule has 0 atom stereocenters. The SMILES string of the molecule is CCc1c(C(=O)[O-])ccc2c(Br)cccc12. The van der Waals surface area contributed by atoms with Gasteiger partial charge in [-0.15, -0.1) is 0 Å². The third-order valence-corrected chi connectivity index (χ3v) is 3.38. The minimum atomic E-state index is -1.11. The summed E-state index contributed by atoms with van der Waals surface area (Å²) in [5, 5.41) is 13.0. The lowest BCUT2D eigenvalue weighted by Crippen LogP contribution is -2.23. The fraction of sp³-hybridized carbons (Fsp3) is 0.154. The number of halogens is 1. The van der Waals surface area contributed by atoms with Crippen LogP contribution in [-0.4, -0.2) is 5.97 Å². The Balaban J connectivity index is 2.86. The van der Waals surface area contributed by atoms with Crippen LogP contribution in [0.5, 0.6) is 0 Å². The highest BCUT2D eigenvalue weighted by Gasteiger charge is 2.08. The standard InChI is InChI=1S/C13H11BrO2/c1-2-8-9-4-3-5-12(14)10(9)6-7-11(8)13(15)16/h3-7H,2H2,1H3,(H,15,16)/p-1. The fourth-order valence-electron chi connectivity index (χ4n) is 1.95. The molecule has 0 aliphatic carbocycles. The van der Waals surface area contributed by atoms with Crippen molar-refractivity contribution in [3.05, 3.63) is 45.9 Å². The normalized spacial score (nSPS) is 10.6. The van der Waals surface area contributed by atoms with E-state index in [1.54, 1.807) is 6.07 Å². The number of carboxylic acids is 1. The van der Waals surface area contributed by atoms with Crippen LogP contribution in [0, 0.1) is 0 Å². The molecule has 0 unspecified atom stereocenters. The van der Waals surface area contributed by atoms with Crippen LogP contribution in [-0.2, 0) is 6.42 Å². The Labute approximate surface area is 102 Å². The van der Waals surface area contributed by atoms with Gasteiger partial charge >= 0.3 is 0 Å². The number of fused-ring (bicyclic) bond motifs is 1. The number of hydrogen-bond donors (Lipinski definition) is 0. The molecule has 0 saturated carbocycles. The van der Waals surface area contributed by atoms with Crippen molar-refractivity contribution in [2.45, 2.75) is 13.3 Å².